The molecule has 116 valence electrons. The number of carbonyl (C=O) groups is 1. The number of rotatable bonds is 3. The van der Waals surface area contributed by atoms with E-state index in [4.69, 9.17) is 10.3 Å². The van der Waals surface area contributed by atoms with Gasteiger partial charge in [0.05, 0.1) is 10.6 Å². The van der Waals surface area contributed by atoms with Crippen molar-refractivity contribution in [1.29, 1.82) is 0 Å². The predicted octanol–water partition coefficient (Wildman–Crippen LogP) is 0.197. The van der Waals surface area contributed by atoms with Crippen molar-refractivity contribution in [1.82, 2.24) is 4.57 Å². The van der Waals surface area contributed by atoms with Crippen molar-refractivity contribution < 1.29 is 22.9 Å². The molecule has 0 atom stereocenters. The van der Waals surface area contributed by atoms with E-state index in [0.29, 0.717) is 0 Å². The van der Waals surface area contributed by atoms with Gasteiger partial charge in [-0.2, -0.15) is 8.42 Å². The van der Waals surface area contributed by atoms with Crippen LogP contribution in [0, 0.1) is 6.92 Å². The van der Waals surface area contributed by atoms with Gasteiger partial charge in [-0.25, -0.2) is 4.57 Å². The van der Waals surface area contributed by atoms with Crippen molar-refractivity contribution in [3.05, 3.63) is 51.8 Å². The molecule has 0 bridgehead atoms. The van der Waals surface area contributed by atoms with E-state index >= 15 is 0 Å². The van der Waals surface area contributed by atoms with E-state index in [1.807, 2.05) is 0 Å². The largest absolute Gasteiger partial charge is 0.494 e. The number of carbonyl (C=O) groups excluding carboxylic acids is 1. The molecule has 0 aliphatic heterocycles. The molecule has 22 heavy (non-hydrogen) atoms. The van der Waals surface area contributed by atoms with Gasteiger partial charge < -0.3 is 10.8 Å². The summed E-state index contributed by atoms with van der Waals surface area (Å²) in [7, 11) is -4.37. The summed E-state index contributed by atoms with van der Waals surface area (Å²) >= 11 is 0. The topological polar surface area (TPSA) is 140 Å². The third-order valence-electron chi connectivity index (χ3n) is 3.03. The fourth-order valence-electron chi connectivity index (χ4n) is 2.03. The van der Waals surface area contributed by atoms with Gasteiger partial charge in [-0.15, -0.1) is 0 Å². The molecule has 0 unspecified atom stereocenters. The Balaban J connectivity index is 2.71. The van der Waals surface area contributed by atoms with Gasteiger partial charge in [-0.05, 0) is 36.8 Å². The highest BCUT2D eigenvalue weighted by Crippen LogP contribution is 2.19. The van der Waals surface area contributed by atoms with E-state index in [9.17, 15) is 23.1 Å². The Hall–Kier alpha value is -2.65. The molecule has 0 saturated carbocycles. The molecule has 4 N–H and O–H groups in total. The Morgan fingerprint density at radius 1 is 1.23 bits per heavy atom. The first kappa shape index (κ1) is 15.7. The van der Waals surface area contributed by atoms with Gasteiger partial charge in [-0.1, -0.05) is 0 Å². The maximum atomic E-state index is 12.3. The van der Waals surface area contributed by atoms with Crippen molar-refractivity contribution in [2.75, 3.05) is 0 Å². The van der Waals surface area contributed by atoms with Crippen molar-refractivity contribution >= 4 is 16.0 Å². The number of amides is 1. The van der Waals surface area contributed by atoms with Gasteiger partial charge in [0, 0.05) is 6.07 Å². The fraction of sp³-hybridized carbons (Fsp3) is 0.0769. The zero-order valence-electron chi connectivity index (χ0n) is 11.3. The number of pyridine rings is 1. The van der Waals surface area contributed by atoms with Gasteiger partial charge in [0.25, 0.3) is 21.6 Å². The first-order valence-electron chi connectivity index (χ1n) is 5.96. The lowest BCUT2D eigenvalue weighted by Gasteiger charge is -2.12. The SMILES string of the molecule is Cc1cc(O)n(-c2ccc(S(=O)(=O)O)cc2)c(=O)c1C(N)=O. The summed E-state index contributed by atoms with van der Waals surface area (Å²) < 4.78 is 31.7. The molecule has 2 aromatic rings. The lowest BCUT2D eigenvalue weighted by Crippen LogP contribution is -2.30. The Bertz CT molecular complexity index is 913. The van der Waals surface area contributed by atoms with Crippen LogP contribution in [-0.4, -0.2) is 28.6 Å². The molecule has 8 nitrogen and oxygen atoms in total. The van der Waals surface area contributed by atoms with E-state index in [0.717, 1.165) is 16.7 Å². The number of nitrogens with zero attached hydrogens (tertiary/aromatic N) is 1. The van der Waals surface area contributed by atoms with Crippen LogP contribution in [0.5, 0.6) is 5.88 Å². The van der Waals surface area contributed by atoms with Crippen LogP contribution in [-0.2, 0) is 10.1 Å². The van der Waals surface area contributed by atoms with E-state index in [1.165, 1.54) is 25.1 Å². The number of nitrogens with two attached hydrogens (primary N) is 1. The quantitative estimate of drug-likeness (QED) is 0.689. The van der Waals surface area contributed by atoms with Crippen LogP contribution >= 0.6 is 0 Å². The first-order valence-corrected chi connectivity index (χ1v) is 7.40. The monoisotopic (exact) mass is 324 g/mol. The number of aryl methyl sites for hydroxylation is 1. The lowest BCUT2D eigenvalue weighted by atomic mass is 10.1. The minimum atomic E-state index is -4.37. The van der Waals surface area contributed by atoms with Crippen LogP contribution < -0.4 is 11.3 Å². The molecule has 0 fully saturated rings. The Kier molecular flexibility index (Phi) is 3.77. The van der Waals surface area contributed by atoms with E-state index < -0.39 is 27.5 Å². The van der Waals surface area contributed by atoms with Crippen molar-refractivity contribution in [2.24, 2.45) is 5.73 Å². The number of primary amides is 1. The maximum Gasteiger partial charge on any atom is 0.294 e. The van der Waals surface area contributed by atoms with Gasteiger partial charge >= 0.3 is 0 Å². The van der Waals surface area contributed by atoms with Crippen LogP contribution in [0.2, 0.25) is 0 Å². The zero-order chi connectivity index (χ0) is 16.7. The second-order valence-corrected chi connectivity index (χ2v) is 5.96. The minimum absolute atomic E-state index is 0.109. The zero-order valence-corrected chi connectivity index (χ0v) is 12.2. The predicted molar refractivity (Wildman–Crippen MR) is 76.8 cm³/mol. The normalized spacial score (nSPS) is 11.4. The molecule has 0 radical (unpaired) electrons. The standard InChI is InChI=1S/C13H12N2O6S/c1-7-6-10(16)15(13(18)11(7)12(14)17)8-2-4-9(5-3-8)22(19,20)21/h2-6,16H,1H3,(H2,14,17)(H,19,20,21). The molecule has 0 aliphatic carbocycles. The third-order valence-corrected chi connectivity index (χ3v) is 3.89. The van der Waals surface area contributed by atoms with Gasteiger partial charge in [-0.3, -0.25) is 14.1 Å². The van der Waals surface area contributed by atoms with Crippen LogP contribution in [0.4, 0.5) is 0 Å². The van der Waals surface area contributed by atoms with Gasteiger partial charge in [0.15, 0.2) is 5.88 Å². The van der Waals surface area contributed by atoms with Crippen molar-refractivity contribution in [3.8, 4) is 11.6 Å². The maximum absolute atomic E-state index is 12.3. The summed E-state index contributed by atoms with van der Waals surface area (Å²) in [4.78, 5) is 23.2. The number of hydrogen-bond donors (Lipinski definition) is 3. The third kappa shape index (κ3) is 2.71. The second kappa shape index (κ2) is 5.28. The molecule has 1 aromatic heterocycles. The summed E-state index contributed by atoms with van der Waals surface area (Å²) in [6.45, 7) is 1.45. The fourth-order valence-corrected chi connectivity index (χ4v) is 2.51. The van der Waals surface area contributed by atoms with Crippen LogP contribution in [0.3, 0.4) is 0 Å². The molecule has 0 spiro atoms. The highest BCUT2D eigenvalue weighted by atomic mass is 32.2. The molecule has 0 aliphatic rings. The van der Waals surface area contributed by atoms with Crippen LogP contribution in [0.25, 0.3) is 5.69 Å². The Morgan fingerprint density at radius 2 is 1.77 bits per heavy atom. The smallest absolute Gasteiger partial charge is 0.294 e. The van der Waals surface area contributed by atoms with Crippen LogP contribution in [0.1, 0.15) is 15.9 Å². The van der Waals surface area contributed by atoms with E-state index in [2.05, 4.69) is 0 Å². The average Bonchev–Trinajstić information content (AvgIpc) is 2.37. The average molecular weight is 324 g/mol. The molecule has 1 heterocycles. The Labute approximate surface area is 125 Å². The summed E-state index contributed by atoms with van der Waals surface area (Å²) in [6, 6.07) is 5.70. The number of aromatic nitrogens is 1. The molecule has 1 aromatic carbocycles. The molecule has 9 heteroatoms. The molecule has 0 saturated heterocycles. The van der Waals surface area contributed by atoms with Crippen molar-refractivity contribution in [3.63, 3.8) is 0 Å². The molecule has 1 amide bonds. The molecule has 2 rings (SSSR count). The summed E-state index contributed by atoms with van der Waals surface area (Å²) in [5, 5.41) is 9.90. The summed E-state index contributed by atoms with van der Waals surface area (Å²) in [5.41, 5.74) is 4.37. The first-order chi connectivity index (χ1) is 10.1. The Morgan fingerprint density at radius 3 is 2.23 bits per heavy atom. The number of hydrogen-bond acceptors (Lipinski definition) is 5. The van der Waals surface area contributed by atoms with Crippen molar-refractivity contribution in [2.45, 2.75) is 11.8 Å². The lowest BCUT2D eigenvalue weighted by molar-refractivity contribution is 0.0998. The van der Waals surface area contributed by atoms with E-state index in [1.54, 1.807) is 0 Å². The highest BCUT2D eigenvalue weighted by molar-refractivity contribution is 7.85. The molecular formula is C13H12N2O6S. The second-order valence-electron chi connectivity index (χ2n) is 4.53. The minimum Gasteiger partial charge on any atom is -0.494 e. The summed E-state index contributed by atoms with van der Waals surface area (Å²) in [5.74, 6) is -1.38. The van der Waals surface area contributed by atoms with Crippen LogP contribution in [0.15, 0.2) is 40.0 Å². The number of benzene rings is 1. The number of aromatic hydroxyl groups is 1. The van der Waals surface area contributed by atoms with Gasteiger partial charge in [0.2, 0.25) is 0 Å². The van der Waals surface area contributed by atoms with Gasteiger partial charge in [0.1, 0.15) is 5.56 Å². The van der Waals surface area contributed by atoms with E-state index in [-0.39, 0.29) is 21.7 Å². The summed E-state index contributed by atoms with van der Waals surface area (Å²) in [6.07, 6.45) is 0. The molecular weight excluding hydrogens is 312 g/mol. The highest BCUT2D eigenvalue weighted by Gasteiger charge is 2.18.